The van der Waals surface area contributed by atoms with Gasteiger partial charge in [0.15, 0.2) is 0 Å². The predicted octanol–water partition coefficient (Wildman–Crippen LogP) is 4.33. The Labute approximate surface area is 255 Å². The van der Waals surface area contributed by atoms with Gasteiger partial charge in [-0.05, 0) is 50.2 Å². The number of hydrogen-bond donors (Lipinski definition) is 1. The van der Waals surface area contributed by atoms with E-state index in [9.17, 15) is 9.65 Å². The smallest absolute Gasteiger partial charge is 0.126 e. The van der Waals surface area contributed by atoms with Crippen LogP contribution in [0.5, 0.6) is 0 Å². The Bertz CT molecular complexity index is 1740. The molecule has 0 spiro atoms. The fraction of sp³-hybridized carbons (Fsp3) is 0.323. The van der Waals surface area contributed by atoms with E-state index in [2.05, 4.69) is 71.5 Å². The number of pyridine rings is 1. The molecular weight excluding hydrogens is 567 g/mol. The number of rotatable bonds is 6. The molecule has 10 nitrogen and oxygen atoms in total. The van der Waals surface area contributed by atoms with E-state index in [-0.39, 0.29) is 18.2 Å². The summed E-state index contributed by atoms with van der Waals surface area (Å²) in [5, 5.41) is 22.3. The topological polar surface area (TPSA) is 103 Å². The first-order valence-electron chi connectivity index (χ1n) is 14.4. The summed E-state index contributed by atoms with van der Waals surface area (Å²) in [5.41, 5.74) is 6.39. The van der Waals surface area contributed by atoms with Crippen LogP contribution in [0.3, 0.4) is 0 Å². The van der Waals surface area contributed by atoms with Crippen LogP contribution in [-0.4, -0.2) is 73.5 Å². The van der Waals surface area contributed by atoms with E-state index in [4.69, 9.17) is 4.98 Å². The van der Waals surface area contributed by atoms with Gasteiger partial charge in [-0.15, -0.1) is 12.4 Å². The lowest BCUT2D eigenvalue weighted by Crippen LogP contribution is -2.46. The van der Waals surface area contributed by atoms with Gasteiger partial charge in [0.05, 0.1) is 41.7 Å². The lowest BCUT2D eigenvalue weighted by Gasteiger charge is -2.36. The highest BCUT2D eigenvalue weighted by molar-refractivity contribution is 5.85. The second kappa shape index (κ2) is 12.5. The maximum absolute atomic E-state index is 13.6. The molecule has 1 N–H and O–H groups in total. The highest BCUT2D eigenvalue weighted by atomic mass is 35.5. The Balaban J connectivity index is 0.00000329. The van der Waals surface area contributed by atoms with E-state index in [1.165, 1.54) is 18.3 Å². The van der Waals surface area contributed by atoms with Gasteiger partial charge in [0.25, 0.3) is 0 Å². The molecule has 0 bridgehead atoms. The lowest BCUT2D eigenvalue weighted by atomic mass is 10.1. The van der Waals surface area contributed by atoms with Crippen LogP contribution in [0.4, 0.5) is 10.1 Å². The van der Waals surface area contributed by atoms with Crippen LogP contribution < -0.4 is 10.2 Å². The fourth-order valence-electron chi connectivity index (χ4n) is 5.94. The predicted molar refractivity (Wildman–Crippen MR) is 164 cm³/mol. The molecule has 0 unspecified atom stereocenters. The number of nitriles is 1. The summed E-state index contributed by atoms with van der Waals surface area (Å²) in [6.07, 6.45) is 11.0. The number of anilines is 1. The molecule has 4 aromatic heterocycles. The molecule has 5 aromatic rings. The summed E-state index contributed by atoms with van der Waals surface area (Å²) < 4.78 is 17.4. The van der Waals surface area contributed by atoms with Gasteiger partial charge in [-0.1, -0.05) is 12.1 Å². The van der Waals surface area contributed by atoms with Crippen molar-refractivity contribution in [3.8, 4) is 28.6 Å². The van der Waals surface area contributed by atoms with Crippen LogP contribution in [0.2, 0.25) is 0 Å². The third-order valence-corrected chi connectivity index (χ3v) is 8.24. The summed E-state index contributed by atoms with van der Waals surface area (Å²) in [7, 11) is 0. The van der Waals surface area contributed by atoms with Crippen molar-refractivity contribution in [2.45, 2.75) is 25.4 Å². The van der Waals surface area contributed by atoms with Gasteiger partial charge in [0, 0.05) is 61.9 Å². The number of nitrogens with one attached hydrogen (secondary N) is 1. The van der Waals surface area contributed by atoms with Crippen molar-refractivity contribution in [2.75, 3.05) is 44.2 Å². The Morgan fingerprint density at radius 2 is 1.74 bits per heavy atom. The van der Waals surface area contributed by atoms with Crippen molar-refractivity contribution >= 4 is 23.6 Å². The van der Waals surface area contributed by atoms with Crippen LogP contribution in [0, 0.1) is 17.1 Å². The quantitative estimate of drug-likeness (QED) is 0.308. The molecule has 0 amide bonds. The summed E-state index contributed by atoms with van der Waals surface area (Å²) in [6.45, 7) is 6.12. The van der Waals surface area contributed by atoms with Crippen LogP contribution in [0.25, 0.3) is 28.0 Å². The monoisotopic (exact) mass is 598 g/mol. The minimum atomic E-state index is -0.249. The molecule has 7 rings (SSSR count). The Hall–Kier alpha value is -4.37. The largest absolute Gasteiger partial charge is 0.369 e. The van der Waals surface area contributed by atoms with Crippen LogP contribution in [0.1, 0.15) is 30.1 Å². The van der Waals surface area contributed by atoms with Gasteiger partial charge in [0.1, 0.15) is 23.0 Å². The molecule has 6 heterocycles. The summed E-state index contributed by atoms with van der Waals surface area (Å²) in [6, 6.07) is 13.9. The van der Waals surface area contributed by atoms with Crippen molar-refractivity contribution in [1.82, 2.24) is 39.6 Å². The molecule has 0 aliphatic carbocycles. The number of halogens is 2. The van der Waals surface area contributed by atoms with Gasteiger partial charge in [-0.2, -0.15) is 15.5 Å². The van der Waals surface area contributed by atoms with Crippen molar-refractivity contribution < 1.29 is 4.39 Å². The van der Waals surface area contributed by atoms with E-state index < -0.39 is 0 Å². The normalized spacial score (nSPS) is 16.2. The third kappa shape index (κ3) is 5.95. The third-order valence-electron chi connectivity index (χ3n) is 8.24. The minimum absolute atomic E-state index is 0. The van der Waals surface area contributed by atoms with Crippen LogP contribution in [0.15, 0.2) is 67.4 Å². The highest BCUT2D eigenvalue weighted by Gasteiger charge is 2.21. The van der Waals surface area contributed by atoms with Gasteiger partial charge in [-0.25, -0.2) is 13.9 Å². The van der Waals surface area contributed by atoms with E-state index in [0.29, 0.717) is 23.7 Å². The fourth-order valence-corrected chi connectivity index (χ4v) is 5.94. The summed E-state index contributed by atoms with van der Waals surface area (Å²) in [4.78, 5) is 14.0. The van der Waals surface area contributed by atoms with Crippen molar-refractivity contribution in [3.05, 3.63) is 84.5 Å². The molecule has 12 heteroatoms. The zero-order valence-electron chi connectivity index (χ0n) is 23.6. The highest BCUT2D eigenvalue weighted by Crippen LogP contribution is 2.31. The van der Waals surface area contributed by atoms with E-state index in [1.807, 2.05) is 12.4 Å². The summed E-state index contributed by atoms with van der Waals surface area (Å²) >= 11 is 0. The van der Waals surface area contributed by atoms with Gasteiger partial charge >= 0.3 is 0 Å². The number of fused-ring (bicyclic) bond motifs is 1. The molecule has 2 fully saturated rings. The van der Waals surface area contributed by atoms with E-state index in [1.54, 1.807) is 10.7 Å². The first-order chi connectivity index (χ1) is 20.6. The number of benzene rings is 1. The van der Waals surface area contributed by atoms with E-state index in [0.717, 1.165) is 86.0 Å². The molecular formula is C31H32ClFN10. The maximum atomic E-state index is 13.6. The van der Waals surface area contributed by atoms with Crippen LogP contribution >= 0.6 is 12.4 Å². The molecule has 0 atom stereocenters. The van der Waals surface area contributed by atoms with Crippen molar-refractivity contribution in [2.24, 2.45) is 0 Å². The summed E-state index contributed by atoms with van der Waals surface area (Å²) in [5.74, 6) is -0.249. The molecule has 43 heavy (non-hydrogen) atoms. The molecule has 220 valence electrons. The molecule has 0 saturated carbocycles. The molecule has 2 aliphatic rings. The lowest BCUT2D eigenvalue weighted by molar-refractivity contribution is 0.247. The number of piperazine rings is 1. The number of nitrogens with zero attached hydrogens (tertiary/aromatic N) is 9. The first-order valence-corrected chi connectivity index (χ1v) is 14.4. The molecule has 2 saturated heterocycles. The minimum Gasteiger partial charge on any atom is -0.369 e. The van der Waals surface area contributed by atoms with Crippen molar-refractivity contribution in [1.29, 1.82) is 5.26 Å². The first kappa shape index (κ1) is 28.7. The second-order valence-corrected chi connectivity index (χ2v) is 10.9. The van der Waals surface area contributed by atoms with E-state index >= 15 is 0 Å². The zero-order chi connectivity index (χ0) is 28.5. The Morgan fingerprint density at radius 1 is 0.953 bits per heavy atom. The number of aromatic nitrogens is 6. The Kier molecular flexibility index (Phi) is 8.33. The molecule has 0 radical (unpaired) electrons. The number of hydrogen-bond acceptors (Lipinski definition) is 8. The Morgan fingerprint density at radius 3 is 2.49 bits per heavy atom. The molecule has 1 aromatic carbocycles. The average Bonchev–Trinajstić information content (AvgIpc) is 3.70. The van der Waals surface area contributed by atoms with Gasteiger partial charge < -0.3 is 10.2 Å². The average molecular weight is 599 g/mol. The maximum Gasteiger partial charge on any atom is 0.126 e. The van der Waals surface area contributed by atoms with Gasteiger partial charge in [0.2, 0.25) is 0 Å². The SMILES string of the molecule is Cl.N#Cc1cnn2cc(-c3cnn(C4CCNCC4)c3)nc(-c3ccc(N4CCN(Cc5cc(F)ccn5)CC4)cc3)c12. The standard InChI is InChI=1S/C31H31FN10.ClH/c32-25-5-10-35-26(15-25)20-39-11-13-40(14-12-39)27-3-1-22(2-4-27)30-31-23(16-33)17-37-42(31)21-29(38-30)24-18-36-41(19-24)28-6-8-34-9-7-28;/h1-5,10,15,17-19,21,28,34H,6-9,11-14,20H2;1H. The zero-order valence-corrected chi connectivity index (χ0v) is 24.4. The molecule has 2 aliphatic heterocycles. The second-order valence-electron chi connectivity index (χ2n) is 10.9. The van der Waals surface area contributed by atoms with Crippen molar-refractivity contribution in [3.63, 3.8) is 0 Å². The van der Waals surface area contributed by atoms with Crippen LogP contribution in [-0.2, 0) is 6.54 Å². The number of piperidine rings is 1. The van der Waals surface area contributed by atoms with Gasteiger partial charge in [-0.3, -0.25) is 14.6 Å².